The zero-order chi connectivity index (χ0) is 102. The second-order valence-corrected chi connectivity index (χ2v) is 30.2. The maximum Gasteiger partial charge on any atom is 0.246 e. The lowest BCUT2D eigenvalue weighted by molar-refractivity contribution is 0.403. The van der Waals surface area contributed by atoms with Gasteiger partial charge in [0, 0.05) is 154 Å². The molecule has 0 aliphatic carbocycles. The number of benzene rings is 8. The molecule has 35 N–H and O–H groups in total. The van der Waals surface area contributed by atoms with Crippen LogP contribution in [0.15, 0.2) is 146 Å². The second kappa shape index (κ2) is 48.0. The molecule has 0 aliphatic rings. The number of aromatic hydroxyl groups is 16. The number of nitrogen functional groups attached to an aromatic ring is 4. The van der Waals surface area contributed by atoms with Crippen LogP contribution in [0.5, 0.6) is 92.0 Å². The van der Waals surface area contributed by atoms with Crippen molar-refractivity contribution in [1.82, 2.24) is 120 Å². The molecule has 0 radical (unpaired) electrons. The van der Waals surface area contributed by atoms with Crippen molar-refractivity contribution in [1.29, 1.82) is 0 Å². The minimum absolute atomic E-state index is 0.128. The molecule has 56 heteroatoms. The Bertz CT molecular complexity index is 6630. The van der Waals surface area contributed by atoms with Gasteiger partial charge in [0.1, 0.15) is 0 Å². The van der Waals surface area contributed by atoms with Gasteiger partial charge >= 0.3 is 0 Å². The molecule has 0 atom stereocenters. The fraction of sp³-hybridized carbons (Fsp3) is 0.229. The zero-order valence-corrected chi connectivity index (χ0v) is 77.2. The SMILES string of the molecule is CN(C)c1n[nH]c(N(C)c2ccc(O)c(O)c2)n1.CN(C)c1nnc(Nc2ccc(O)c(O)c2)n1C.CN(Cc1ccc(O)c(O)c1)c1n[nH]c(N)n1.CN(Cc1ccc(O)c(O)c1)c1nnc(N)n1C.CNc1n[nH]c(NCc2ccc(O)c(O)c2)n1.CNc1nc(N(C)Cc2ccc(O)c(O)c2)n[nH]1.Cn1c(N)nnc1NCc1ccc(O)c(O)c1.Nc1nc(NCc2ccc(O)c(O)c2)n[nH]1. The minimum atomic E-state index is -0.185. The van der Waals surface area contributed by atoms with Gasteiger partial charge in [-0.15, -0.1) is 56.1 Å². The van der Waals surface area contributed by atoms with E-state index in [0.29, 0.717) is 134 Å². The maximum atomic E-state index is 9.46. The van der Waals surface area contributed by atoms with Crippen molar-refractivity contribution in [2.45, 2.75) is 39.3 Å². The van der Waals surface area contributed by atoms with Crippen LogP contribution in [-0.2, 0) is 60.4 Å². The Morgan fingerprint density at radius 3 is 1.11 bits per heavy atom. The summed E-state index contributed by atoms with van der Waals surface area (Å²) in [4.78, 5) is 31.2. The average molecular weight is 1920 g/mol. The third-order valence-electron chi connectivity index (χ3n) is 19.1. The number of aromatic amines is 5. The molecule has 0 unspecified atom stereocenters. The first-order valence-corrected chi connectivity index (χ1v) is 41.0. The number of H-pyrrole nitrogens is 5. The van der Waals surface area contributed by atoms with Gasteiger partial charge in [-0.25, -0.2) is 25.5 Å². The van der Waals surface area contributed by atoms with Crippen LogP contribution < -0.4 is 84.2 Å². The molecule has 0 saturated carbocycles. The summed E-state index contributed by atoms with van der Waals surface area (Å²) in [5.74, 6) is 5.32. The lowest BCUT2D eigenvalue weighted by Gasteiger charge is -2.17. The van der Waals surface area contributed by atoms with E-state index in [4.69, 9.17) is 38.3 Å². The topological polar surface area (TPSA) is 819 Å². The minimum Gasteiger partial charge on any atom is -0.504 e. The van der Waals surface area contributed by atoms with Crippen LogP contribution in [0, 0.1) is 0 Å². The quantitative estimate of drug-likeness (QED) is 0.0233. The number of phenols is 16. The van der Waals surface area contributed by atoms with E-state index in [1.54, 1.807) is 119 Å². The maximum absolute atomic E-state index is 9.46. The van der Waals surface area contributed by atoms with Crippen LogP contribution in [-0.4, -0.2) is 272 Å². The first-order chi connectivity index (χ1) is 66.0. The summed E-state index contributed by atoms with van der Waals surface area (Å²) in [6.45, 7) is 2.86. The summed E-state index contributed by atoms with van der Waals surface area (Å²) < 4.78 is 5.06. The summed E-state index contributed by atoms with van der Waals surface area (Å²) >= 11 is 0. The van der Waals surface area contributed by atoms with Crippen molar-refractivity contribution in [3.05, 3.63) is 179 Å². The predicted molar refractivity (Wildman–Crippen MR) is 518 cm³/mol. The number of nitrogens with zero attached hydrogens (tertiary/aromatic N) is 25. The molecule has 0 spiro atoms. The van der Waals surface area contributed by atoms with E-state index in [-0.39, 0.29) is 104 Å². The van der Waals surface area contributed by atoms with Gasteiger partial charge < -0.3 is 166 Å². The van der Waals surface area contributed by atoms with Crippen molar-refractivity contribution in [2.24, 2.45) is 21.1 Å². The molecule has 8 aromatic heterocycles. The molecule has 16 aromatic rings. The first kappa shape index (κ1) is 103. The molecular formula is C83H110N40O16. The third-order valence-corrected chi connectivity index (χ3v) is 19.1. The lowest BCUT2D eigenvalue weighted by Crippen LogP contribution is -2.20. The van der Waals surface area contributed by atoms with Crippen molar-refractivity contribution in [3.8, 4) is 92.0 Å². The molecule has 8 heterocycles. The molecule has 8 aromatic carbocycles. The number of rotatable bonds is 26. The Hall–Kier alpha value is -19.5. The molecule has 139 heavy (non-hydrogen) atoms. The van der Waals surface area contributed by atoms with Crippen LogP contribution in [0.3, 0.4) is 0 Å². The van der Waals surface area contributed by atoms with Gasteiger partial charge in [0.05, 0.1) is 0 Å². The predicted octanol–water partition coefficient (Wildman–Crippen LogP) is 5.56. The third kappa shape index (κ3) is 30.0. The lowest BCUT2D eigenvalue weighted by atomic mass is 10.2. The molecule has 0 amide bonds. The van der Waals surface area contributed by atoms with Gasteiger partial charge in [-0.1, -0.05) is 36.4 Å². The number of phenolic OH excluding ortho intramolecular Hbond substituents is 16. The van der Waals surface area contributed by atoms with Crippen LogP contribution in [0.4, 0.5) is 107 Å². The fourth-order valence-corrected chi connectivity index (χ4v) is 11.5. The highest BCUT2D eigenvalue weighted by Gasteiger charge is 2.19. The van der Waals surface area contributed by atoms with Crippen molar-refractivity contribution >= 4 is 107 Å². The standard InChI is InChI=1S/4C11H15N5O2.3C10H13N5O2.C9H11N5O2/c1-15(2)10-12-11(14-13-10)16(3)7-4-5-8(17)9(18)6-7;1-15(2)11-14-13-10(16(11)3)12-7-4-5-8(17)9(18)6-7;1-15(11-14-13-10(12)16(11)2)6-7-3-4-8(17)9(18)5-7;1-12-10-13-11(15-14-10)16(2)6-7-3-4-8(17)9(18)5-7;1-15(10-12-9(11)13-14-10)5-6-2-3-7(16)8(17)4-6;1-15-9(11)13-14-10(15)12-5-6-2-3-7(16)8(17)4-6;1-11-9-13-10(15-14-9)12-5-6-2-3-7(16)8(17)4-6;10-8-12-9(14-13-8)11-4-5-1-2-6(15)7(16)3-5/h4-6,17-18H,1-3H3,(H,12,13,14);4-6,17-18H,1-3H3,(H,12,13);3-5,17-18H,6H2,1-2H3,(H2,12,13);3-5,17-18H,6H2,1-2H3,(H2,12,13,14,15);2-4,16-17H,5H2,1H3,(H3,11,12,13,14);2-4,16-17H,5H2,1H3,(H2,11,13)(H,12,14);2-4,16-17H,5H2,1H3,(H3,11,12,13,14,15);1-3,15-16H,4H2,(H4,10,11,12,13,14). The molecule has 56 nitrogen and oxygen atoms in total. The van der Waals surface area contributed by atoms with Crippen LogP contribution in [0.1, 0.15) is 33.4 Å². The molecule has 0 aliphatic heterocycles. The highest BCUT2D eigenvalue weighted by Crippen LogP contribution is 2.35. The van der Waals surface area contributed by atoms with Crippen molar-refractivity contribution < 1.29 is 81.7 Å². The fourth-order valence-electron chi connectivity index (χ4n) is 11.5. The molecule has 0 bridgehead atoms. The van der Waals surface area contributed by atoms with Gasteiger partial charge in [-0.3, -0.25) is 13.7 Å². The Labute approximate surface area is 791 Å². The molecule has 16 rings (SSSR count). The highest BCUT2D eigenvalue weighted by molar-refractivity contribution is 5.63. The van der Waals surface area contributed by atoms with Gasteiger partial charge in [0.25, 0.3) is 0 Å². The average Bonchev–Trinajstić information content (AvgIpc) is 1.67. The summed E-state index contributed by atoms with van der Waals surface area (Å²) in [6, 6.07) is 36.8. The number of nitrogens with one attached hydrogen (secondary N) is 11. The summed E-state index contributed by atoms with van der Waals surface area (Å²) in [7, 11) is 23.5. The molecule has 738 valence electrons. The monoisotopic (exact) mass is 1920 g/mol. The van der Waals surface area contributed by atoms with Gasteiger partial charge in [0.15, 0.2) is 92.0 Å². The number of hydrogen-bond donors (Lipinski definition) is 31. The molecule has 0 fully saturated rings. The summed E-state index contributed by atoms with van der Waals surface area (Å²) in [5.41, 5.74) is 28.2. The second-order valence-electron chi connectivity index (χ2n) is 30.2. The van der Waals surface area contributed by atoms with Crippen molar-refractivity contribution in [3.63, 3.8) is 0 Å². The van der Waals surface area contributed by atoms with Gasteiger partial charge in [-0.2, -0.15) is 24.9 Å². The Kier molecular flexibility index (Phi) is 35.7. The van der Waals surface area contributed by atoms with E-state index in [2.05, 4.69) is 138 Å². The Morgan fingerprint density at radius 2 is 0.705 bits per heavy atom. The Morgan fingerprint density at radius 1 is 0.309 bits per heavy atom. The van der Waals surface area contributed by atoms with E-state index < -0.39 is 0 Å². The van der Waals surface area contributed by atoms with Crippen LogP contribution in [0.2, 0.25) is 0 Å². The van der Waals surface area contributed by atoms with E-state index >= 15 is 0 Å². The smallest absolute Gasteiger partial charge is 0.246 e. The first-order valence-electron chi connectivity index (χ1n) is 41.0. The van der Waals surface area contributed by atoms with E-state index in [0.717, 1.165) is 33.4 Å². The summed E-state index contributed by atoms with van der Waals surface area (Å²) in [6.07, 6.45) is 0. The van der Waals surface area contributed by atoms with Crippen LogP contribution >= 0.6 is 0 Å². The largest absolute Gasteiger partial charge is 0.504 e. The zero-order valence-electron chi connectivity index (χ0n) is 77.2. The van der Waals surface area contributed by atoms with Crippen LogP contribution in [0.25, 0.3) is 0 Å². The van der Waals surface area contributed by atoms with E-state index in [1.807, 2.05) is 64.0 Å². The molecular weight excluding hydrogens is 1810 g/mol. The highest BCUT2D eigenvalue weighted by atomic mass is 16.3. The Balaban J connectivity index is 0.000000178. The number of aromatic nitrogens is 24. The van der Waals surface area contributed by atoms with Gasteiger partial charge in [0.2, 0.25) is 95.2 Å². The van der Waals surface area contributed by atoms with Gasteiger partial charge in [-0.05, 0) is 130 Å². The van der Waals surface area contributed by atoms with E-state index in [9.17, 15) is 66.4 Å². The molecule has 0 saturated heterocycles. The van der Waals surface area contributed by atoms with Crippen molar-refractivity contribution in [2.75, 3.05) is 155 Å². The van der Waals surface area contributed by atoms with E-state index in [1.165, 1.54) is 97.1 Å². The number of anilines is 18. The number of nitrogens with two attached hydrogens (primary N) is 4. The summed E-state index contributed by atoms with van der Waals surface area (Å²) in [5, 5.41) is 222. The number of hydrogen-bond acceptors (Lipinski definition) is 48. The normalized spacial score (nSPS) is 10.4.